The highest BCUT2D eigenvalue weighted by Gasteiger charge is 2.33. The fourth-order valence-corrected chi connectivity index (χ4v) is 4.67. The summed E-state index contributed by atoms with van der Waals surface area (Å²) in [6.07, 6.45) is 0.387. The Morgan fingerprint density at radius 3 is 2.38 bits per heavy atom. The summed E-state index contributed by atoms with van der Waals surface area (Å²) in [6.45, 7) is 8.16. The van der Waals surface area contributed by atoms with Crippen LogP contribution in [-0.2, 0) is 6.54 Å². The number of amides is 1. The van der Waals surface area contributed by atoms with Gasteiger partial charge in [0, 0.05) is 18.7 Å². The molecule has 194 valence electrons. The highest BCUT2D eigenvalue weighted by molar-refractivity contribution is 6.34. The molecule has 37 heavy (non-hydrogen) atoms. The number of carbonyl (C=O) groups is 1. The fraction of sp³-hybridized carbons (Fsp3) is 0.357. The van der Waals surface area contributed by atoms with Crippen molar-refractivity contribution in [3.8, 4) is 0 Å². The number of hydrogen-bond acceptors (Lipinski definition) is 5. The average Bonchev–Trinajstić information content (AvgIpc) is 3.17. The van der Waals surface area contributed by atoms with Crippen LogP contribution in [0.2, 0.25) is 5.02 Å². The van der Waals surface area contributed by atoms with Crippen molar-refractivity contribution >= 4 is 23.2 Å². The zero-order valence-corrected chi connectivity index (χ0v) is 22.3. The normalized spacial score (nSPS) is 12.3. The van der Waals surface area contributed by atoms with Gasteiger partial charge in [-0.3, -0.25) is 9.36 Å². The Kier molecular flexibility index (Phi) is 8.10. The van der Waals surface area contributed by atoms with Crippen LogP contribution in [0.5, 0.6) is 0 Å². The Morgan fingerprint density at radius 2 is 1.76 bits per heavy atom. The van der Waals surface area contributed by atoms with E-state index in [4.69, 9.17) is 16.6 Å². The largest absolute Gasteiger partial charge is 0.396 e. The quantitative estimate of drug-likeness (QED) is 0.352. The van der Waals surface area contributed by atoms with Crippen LogP contribution >= 0.6 is 11.6 Å². The second-order valence-electron chi connectivity index (χ2n) is 9.59. The van der Waals surface area contributed by atoms with Crippen LogP contribution in [0.4, 0.5) is 0 Å². The number of rotatable bonds is 9. The Bertz CT molecular complexity index is 1440. The van der Waals surface area contributed by atoms with Gasteiger partial charge < -0.3 is 10.0 Å². The van der Waals surface area contributed by atoms with E-state index in [0.717, 1.165) is 11.1 Å². The molecule has 2 aromatic heterocycles. The van der Waals surface area contributed by atoms with Crippen molar-refractivity contribution in [2.24, 2.45) is 5.92 Å². The van der Waals surface area contributed by atoms with Gasteiger partial charge in [-0.2, -0.15) is 9.61 Å². The van der Waals surface area contributed by atoms with E-state index in [0.29, 0.717) is 35.1 Å². The maximum atomic E-state index is 13.9. The van der Waals surface area contributed by atoms with Crippen molar-refractivity contribution in [2.45, 2.75) is 46.7 Å². The molecular formula is C28H32ClN5O3. The molecule has 2 heterocycles. The molecule has 1 amide bonds. The summed E-state index contributed by atoms with van der Waals surface area (Å²) in [6, 6.07) is 16.4. The Morgan fingerprint density at radius 1 is 1.08 bits per heavy atom. The van der Waals surface area contributed by atoms with Gasteiger partial charge in [-0.05, 0) is 43.9 Å². The van der Waals surface area contributed by atoms with Gasteiger partial charge in [-0.1, -0.05) is 73.5 Å². The van der Waals surface area contributed by atoms with E-state index >= 15 is 0 Å². The summed E-state index contributed by atoms with van der Waals surface area (Å²) in [5.74, 6) is 0.132. The molecular weight excluding hydrogens is 490 g/mol. The molecule has 4 rings (SSSR count). The van der Waals surface area contributed by atoms with E-state index in [-0.39, 0.29) is 36.3 Å². The summed E-state index contributed by atoms with van der Waals surface area (Å²) in [7, 11) is 0. The maximum Gasteiger partial charge on any atom is 0.352 e. The number of nitrogens with zero attached hydrogens (tertiary/aromatic N) is 5. The first-order valence-electron chi connectivity index (χ1n) is 12.4. The number of carbonyl (C=O) groups excluding carboxylic acids is 1. The molecule has 0 saturated heterocycles. The van der Waals surface area contributed by atoms with Crippen molar-refractivity contribution in [3.63, 3.8) is 0 Å². The lowest BCUT2D eigenvalue weighted by Crippen LogP contribution is -2.43. The first-order valence-corrected chi connectivity index (χ1v) is 12.8. The van der Waals surface area contributed by atoms with Gasteiger partial charge in [0.15, 0.2) is 5.65 Å². The van der Waals surface area contributed by atoms with E-state index in [2.05, 4.69) is 5.10 Å². The Balaban J connectivity index is 1.94. The molecule has 0 aliphatic rings. The molecule has 8 nitrogen and oxygen atoms in total. The highest BCUT2D eigenvalue weighted by atomic mass is 35.5. The molecule has 1 atom stereocenters. The van der Waals surface area contributed by atoms with Crippen molar-refractivity contribution in [3.05, 3.63) is 98.3 Å². The van der Waals surface area contributed by atoms with E-state index in [9.17, 15) is 14.7 Å². The lowest BCUT2D eigenvalue weighted by atomic mass is 9.99. The first kappa shape index (κ1) is 26.6. The fourth-order valence-electron chi connectivity index (χ4n) is 4.51. The topological polar surface area (TPSA) is 92.7 Å². The third kappa shape index (κ3) is 5.45. The standard InChI is InChI=1S/C28H32ClN5O3/c1-18(2)24(32(15-8-16-35)27(36)22-13-11-19(3)12-14-22)26-30-25-23(29)20(4)31-34(25)28(37)33(26)17-21-9-6-5-7-10-21/h5-7,9-14,18,24,35H,8,15-17H2,1-4H3. The molecule has 0 bridgehead atoms. The highest BCUT2D eigenvalue weighted by Crippen LogP contribution is 2.31. The summed E-state index contributed by atoms with van der Waals surface area (Å²) >= 11 is 6.51. The van der Waals surface area contributed by atoms with Gasteiger partial charge in [-0.25, -0.2) is 9.78 Å². The number of aliphatic hydroxyl groups is 1. The van der Waals surface area contributed by atoms with Gasteiger partial charge in [0.1, 0.15) is 10.8 Å². The molecule has 0 radical (unpaired) electrons. The van der Waals surface area contributed by atoms with Gasteiger partial charge in [0.2, 0.25) is 0 Å². The van der Waals surface area contributed by atoms with E-state index < -0.39 is 6.04 Å². The lowest BCUT2D eigenvalue weighted by Gasteiger charge is -2.35. The molecule has 4 aromatic rings. The van der Waals surface area contributed by atoms with E-state index in [1.165, 1.54) is 4.52 Å². The van der Waals surface area contributed by atoms with Gasteiger partial charge in [0.25, 0.3) is 5.91 Å². The number of fused-ring (bicyclic) bond motifs is 1. The monoisotopic (exact) mass is 521 g/mol. The molecule has 9 heteroatoms. The predicted octanol–water partition coefficient (Wildman–Crippen LogP) is 4.43. The number of aromatic nitrogens is 4. The SMILES string of the molecule is Cc1ccc(C(=O)N(CCCO)C(c2nc3c(Cl)c(C)nn3c(=O)n2Cc2ccccc2)C(C)C)cc1. The Hall–Kier alpha value is -3.49. The first-order chi connectivity index (χ1) is 17.7. The molecule has 2 aromatic carbocycles. The smallest absolute Gasteiger partial charge is 0.352 e. The molecule has 1 unspecified atom stereocenters. The molecule has 0 saturated carbocycles. The van der Waals surface area contributed by atoms with E-state index in [1.807, 2.05) is 63.2 Å². The molecule has 0 fully saturated rings. The third-order valence-corrected chi connectivity index (χ3v) is 6.85. The molecule has 0 aliphatic carbocycles. The minimum atomic E-state index is -0.562. The number of benzene rings is 2. The van der Waals surface area contributed by atoms with Gasteiger partial charge >= 0.3 is 5.69 Å². The Labute approximate surface area is 221 Å². The number of aryl methyl sites for hydroxylation is 2. The number of hydrogen-bond donors (Lipinski definition) is 1. The maximum absolute atomic E-state index is 13.9. The second kappa shape index (κ2) is 11.3. The third-order valence-electron chi connectivity index (χ3n) is 6.41. The van der Waals surface area contributed by atoms with Gasteiger partial charge in [0.05, 0.1) is 18.3 Å². The molecule has 0 spiro atoms. The van der Waals surface area contributed by atoms with Crippen molar-refractivity contribution in [1.82, 2.24) is 24.1 Å². The van der Waals surface area contributed by atoms with Crippen molar-refractivity contribution < 1.29 is 9.90 Å². The molecule has 0 aliphatic heterocycles. The predicted molar refractivity (Wildman–Crippen MR) is 144 cm³/mol. The van der Waals surface area contributed by atoms with Crippen molar-refractivity contribution in [2.75, 3.05) is 13.2 Å². The minimum absolute atomic E-state index is 0.0700. The summed E-state index contributed by atoms with van der Waals surface area (Å²) in [5, 5.41) is 14.3. The molecule has 1 N–H and O–H groups in total. The number of aliphatic hydroxyl groups excluding tert-OH is 1. The van der Waals surface area contributed by atoms with Crippen LogP contribution in [-0.4, -0.2) is 48.2 Å². The summed E-state index contributed by atoms with van der Waals surface area (Å²) in [4.78, 5) is 34.2. The van der Waals surface area contributed by atoms with E-state index in [1.54, 1.807) is 28.5 Å². The summed E-state index contributed by atoms with van der Waals surface area (Å²) in [5.41, 5.74) is 2.88. The summed E-state index contributed by atoms with van der Waals surface area (Å²) < 4.78 is 2.80. The zero-order chi connectivity index (χ0) is 26.7. The van der Waals surface area contributed by atoms with Crippen LogP contribution in [0.15, 0.2) is 59.4 Å². The number of halogens is 1. The van der Waals surface area contributed by atoms with Crippen molar-refractivity contribution in [1.29, 1.82) is 0 Å². The van der Waals surface area contributed by atoms with Crippen LogP contribution in [0.3, 0.4) is 0 Å². The zero-order valence-electron chi connectivity index (χ0n) is 21.6. The van der Waals surface area contributed by atoms with Gasteiger partial charge in [-0.15, -0.1) is 0 Å². The van der Waals surface area contributed by atoms with Crippen LogP contribution < -0.4 is 5.69 Å². The minimum Gasteiger partial charge on any atom is -0.396 e. The lowest BCUT2D eigenvalue weighted by molar-refractivity contribution is 0.0586. The van der Waals surface area contributed by atoms with Crippen LogP contribution in [0.25, 0.3) is 5.65 Å². The second-order valence-corrected chi connectivity index (χ2v) is 9.97. The van der Waals surface area contributed by atoms with Crippen LogP contribution in [0, 0.1) is 19.8 Å². The average molecular weight is 522 g/mol. The van der Waals surface area contributed by atoms with Crippen LogP contribution in [0.1, 0.15) is 59.3 Å².